The normalized spacial score (nSPS) is 55.8. The first-order chi connectivity index (χ1) is 12.7. The predicted octanol–water partition coefficient (Wildman–Crippen LogP) is 7.35. The van der Waals surface area contributed by atoms with Gasteiger partial charge in [-0.15, -0.1) is 0 Å². The van der Waals surface area contributed by atoms with Crippen LogP contribution in [-0.2, 0) is 0 Å². The van der Waals surface area contributed by atoms with Crippen LogP contribution in [-0.4, -0.2) is 12.6 Å². The second-order valence-electron chi connectivity index (χ2n) is 12.5. The molecular weight excluding hydrogens is 326 g/mol. The van der Waals surface area contributed by atoms with Crippen LogP contribution in [0.4, 0.5) is 0 Å². The lowest BCUT2D eigenvalue weighted by Gasteiger charge is -2.74. The van der Waals surface area contributed by atoms with Crippen LogP contribution in [0.15, 0.2) is 0 Å². The molecule has 1 nitrogen and oxygen atoms in total. The summed E-state index contributed by atoms with van der Waals surface area (Å²) in [5.41, 5.74) is 2.88. The van der Waals surface area contributed by atoms with E-state index in [2.05, 4.69) is 47.0 Å². The van der Waals surface area contributed by atoms with E-state index in [1.165, 1.54) is 83.5 Å². The third-order valence-electron chi connectivity index (χ3n) is 11.3. The van der Waals surface area contributed by atoms with Crippen LogP contribution in [0.25, 0.3) is 0 Å². The van der Waals surface area contributed by atoms with Crippen molar-refractivity contribution in [3.8, 4) is 0 Å². The van der Waals surface area contributed by atoms with Gasteiger partial charge in [0, 0.05) is 5.54 Å². The predicted molar refractivity (Wildman–Crippen MR) is 117 cm³/mol. The summed E-state index contributed by atoms with van der Waals surface area (Å²) in [6, 6.07) is 0. The van der Waals surface area contributed by atoms with E-state index in [-0.39, 0.29) is 0 Å². The van der Waals surface area contributed by atoms with E-state index < -0.39 is 0 Å². The molecule has 4 bridgehead atoms. The van der Waals surface area contributed by atoms with Crippen LogP contribution in [0.3, 0.4) is 0 Å². The van der Waals surface area contributed by atoms with Crippen LogP contribution < -0.4 is 5.32 Å². The molecule has 0 saturated heterocycles. The van der Waals surface area contributed by atoms with Crippen molar-refractivity contribution in [2.45, 2.75) is 124 Å². The first-order valence-corrected chi connectivity index (χ1v) is 12.4. The van der Waals surface area contributed by atoms with Gasteiger partial charge in [-0.3, -0.25) is 0 Å². The molecular formula is C26H47N. The molecule has 0 aromatic rings. The highest BCUT2D eigenvalue weighted by Gasteiger charge is 2.78. The van der Waals surface area contributed by atoms with Gasteiger partial charge in [-0.1, -0.05) is 60.3 Å². The molecule has 5 aliphatic carbocycles. The standard InChI is InChI=1S/C26H47N/c1-7-22(3)11-8-10-20(2)18-23(4,13-9-12-22)26-17-16-25(27-6)15-14-24(26,5)19-21(25)26/h20-21,27H,7-19H2,1-6H3/t20?,21?,22?,23?,24?,25?,26-/m1/s1. The van der Waals surface area contributed by atoms with E-state index in [9.17, 15) is 0 Å². The Labute approximate surface area is 169 Å². The van der Waals surface area contributed by atoms with Crippen LogP contribution in [0, 0.1) is 33.5 Å². The van der Waals surface area contributed by atoms with E-state index in [0.29, 0.717) is 27.2 Å². The molecule has 0 aliphatic heterocycles. The summed E-state index contributed by atoms with van der Waals surface area (Å²) in [7, 11) is 2.27. The lowest BCUT2D eigenvalue weighted by molar-refractivity contribution is -0.248. The second-order valence-corrected chi connectivity index (χ2v) is 12.5. The summed E-state index contributed by atoms with van der Waals surface area (Å²) in [5, 5.41) is 3.88. The fourth-order valence-corrected chi connectivity index (χ4v) is 9.47. The van der Waals surface area contributed by atoms with E-state index in [0.717, 1.165) is 11.8 Å². The zero-order valence-corrected chi connectivity index (χ0v) is 19.3. The number of rotatable bonds is 3. The van der Waals surface area contributed by atoms with Gasteiger partial charge in [-0.2, -0.15) is 0 Å². The van der Waals surface area contributed by atoms with Crippen molar-refractivity contribution in [1.29, 1.82) is 0 Å². The lowest BCUT2D eigenvalue weighted by Crippen LogP contribution is -2.71. The smallest absolute Gasteiger partial charge is 0.0213 e. The fourth-order valence-electron chi connectivity index (χ4n) is 9.47. The molecule has 0 amide bonds. The number of hydrogen-bond donors (Lipinski definition) is 1. The maximum atomic E-state index is 3.88. The summed E-state index contributed by atoms with van der Waals surface area (Å²) in [5.74, 6) is 1.85. The molecule has 6 unspecified atom stereocenters. The van der Waals surface area contributed by atoms with Gasteiger partial charge in [0.15, 0.2) is 0 Å². The Morgan fingerprint density at radius 3 is 2.15 bits per heavy atom. The molecule has 156 valence electrons. The van der Waals surface area contributed by atoms with Crippen molar-refractivity contribution in [1.82, 2.24) is 5.32 Å². The zero-order chi connectivity index (χ0) is 19.6. The zero-order valence-electron chi connectivity index (χ0n) is 19.3. The quantitative estimate of drug-likeness (QED) is 0.545. The summed E-state index contributed by atoms with van der Waals surface area (Å²) in [4.78, 5) is 0. The molecule has 5 fully saturated rings. The van der Waals surface area contributed by atoms with E-state index in [4.69, 9.17) is 0 Å². The van der Waals surface area contributed by atoms with Crippen molar-refractivity contribution in [3.63, 3.8) is 0 Å². The topological polar surface area (TPSA) is 12.0 Å². The third-order valence-corrected chi connectivity index (χ3v) is 11.3. The summed E-state index contributed by atoms with van der Waals surface area (Å²) in [6.07, 6.45) is 19.0. The molecule has 0 radical (unpaired) electrons. The Morgan fingerprint density at radius 1 is 0.815 bits per heavy atom. The Kier molecular flexibility index (Phi) is 4.86. The van der Waals surface area contributed by atoms with Gasteiger partial charge in [-0.05, 0) is 98.3 Å². The monoisotopic (exact) mass is 373 g/mol. The first-order valence-electron chi connectivity index (χ1n) is 12.4. The Bertz CT molecular complexity index is 567. The minimum absolute atomic E-state index is 0.483. The summed E-state index contributed by atoms with van der Waals surface area (Å²) in [6.45, 7) is 13.0. The molecule has 0 aromatic carbocycles. The minimum atomic E-state index is 0.483. The highest BCUT2D eigenvalue weighted by atomic mass is 15.0. The average Bonchev–Trinajstić information content (AvgIpc) is 2.85. The van der Waals surface area contributed by atoms with Crippen molar-refractivity contribution < 1.29 is 0 Å². The third kappa shape index (κ3) is 2.65. The van der Waals surface area contributed by atoms with Crippen LogP contribution in [0.5, 0.6) is 0 Å². The van der Waals surface area contributed by atoms with Crippen molar-refractivity contribution >= 4 is 0 Å². The second kappa shape index (κ2) is 6.48. The van der Waals surface area contributed by atoms with Gasteiger partial charge in [0.05, 0.1) is 0 Å². The molecule has 1 N–H and O–H groups in total. The molecule has 7 atom stereocenters. The number of hydrogen-bond acceptors (Lipinski definition) is 1. The fraction of sp³-hybridized carbons (Fsp3) is 1.00. The molecule has 0 heterocycles. The molecule has 0 spiro atoms. The van der Waals surface area contributed by atoms with Gasteiger partial charge in [0.1, 0.15) is 0 Å². The largest absolute Gasteiger partial charge is 0.314 e. The number of nitrogens with one attached hydrogen (secondary N) is 1. The number of fused-ring (bicyclic) bond motifs is 1. The SMILES string of the molecule is CCC1(C)CCCC(C)CC(C)([C@]23CCC4(NC)CCC2(C)CC43)CCC1. The highest BCUT2D eigenvalue weighted by Crippen LogP contribution is 2.83. The van der Waals surface area contributed by atoms with Gasteiger partial charge in [-0.25, -0.2) is 0 Å². The van der Waals surface area contributed by atoms with Crippen LogP contribution in [0.1, 0.15) is 118 Å². The minimum Gasteiger partial charge on any atom is -0.314 e. The van der Waals surface area contributed by atoms with Crippen LogP contribution >= 0.6 is 0 Å². The van der Waals surface area contributed by atoms with Gasteiger partial charge in [0.2, 0.25) is 0 Å². The molecule has 5 aliphatic rings. The Morgan fingerprint density at radius 2 is 1.48 bits per heavy atom. The Hall–Kier alpha value is -0.0400. The van der Waals surface area contributed by atoms with E-state index >= 15 is 0 Å². The van der Waals surface area contributed by atoms with Crippen molar-refractivity contribution in [3.05, 3.63) is 0 Å². The highest BCUT2D eigenvalue weighted by molar-refractivity contribution is 5.29. The molecule has 27 heavy (non-hydrogen) atoms. The van der Waals surface area contributed by atoms with Gasteiger partial charge >= 0.3 is 0 Å². The maximum Gasteiger partial charge on any atom is 0.0213 e. The van der Waals surface area contributed by atoms with Gasteiger partial charge < -0.3 is 5.32 Å². The molecule has 5 rings (SSSR count). The summed E-state index contributed by atoms with van der Waals surface area (Å²) < 4.78 is 0. The van der Waals surface area contributed by atoms with Crippen molar-refractivity contribution in [2.24, 2.45) is 33.5 Å². The summed E-state index contributed by atoms with van der Waals surface area (Å²) >= 11 is 0. The van der Waals surface area contributed by atoms with E-state index in [1.807, 2.05) is 0 Å². The van der Waals surface area contributed by atoms with E-state index in [1.54, 1.807) is 0 Å². The molecule has 5 saturated carbocycles. The average molecular weight is 374 g/mol. The Balaban J connectivity index is 1.66. The van der Waals surface area contributed by atoms with Gasteiger partial charge in [0.25, 0.3) is 0 Å². The maximum absolute atomic E-state index is 3.88. The van der Waals surface area contributed by atoms with Crippen molar-refractivity contribution in [2.75, 3.05) is 7.05 Å². The molecule has 0 aromatic heterocycles. The molecule has 1 heteroatoms. The van der Waals surface area contributed by atoms with Crippen LogP contribution in [0.2, 0.25) is 0 Å². The lowest BCUT2D eigenvalue weighted by atomic mass is 9.31. The first kappa shape index (κ1) is 20.2.